The molecule has 0 heterocycles. The van der Waals surface area contributed by atoms with E-state index in [2.05, 4.69) is 43.3 Å². The predicted octanol–water partition coefficient (Wildman–Crippen LogP) is -2.98. The van der Waals surface area contributed by atoms with Gasteiger partial charge in [-0.3, -0.25) is 6.08 Å². The van der Waals surface area contributed by atoms with Crippen molar-refractivity contribution in [2.75, 3.05) is 0 Å². The van der Waals surface area contributed by atoms with Crippen LogP contribution in [0.1, 0.15) is 30.4 Å². The van der Waals surface area contributed by atoms with Crippen molar-refractivity contribution in [2.24, 2.45) is 0 Å². The molecule has 14 heavy (non-hydrogen) atoms. The second-order valence-electron chi connectivity index (χ2n) is 2.90. The summed E-state index contributed by atoms with van der Waals surface area (Å²) in [4.78, 5) is 0. The molecule has 0 fully saturated rings. The van der Waals surface area contributed by atoms with Crippen molar-refractivity contribution in [3.8, 4) is 0 Å². The van der Waals surface area contributed by atoms with Crippen molar-refractivity contribution in [1.82, 2.24) is 0 Å². The third-order valence-corrected chi connectivity index (χ3v) is 2.22. The number of hydrogen-bond donors (Lipinski definition) is 0. The van der Waals surface area contributed by atoms with E-state index in [1.165, 1.54) is 11.1 Å². The average molecular weight is 272 g/mol. The fourth-order valence-electron chi connectivity index (χ4n) is 1.58. The van der Waals surface area contributed by atoms with Gasteiger partial charge in [-0.15, -0.1) is 11.6 Å². The van der Waals surface area contributed by atoms with E-state index in [-0.39, 0.29) is 35.6 Å². The summed E-state index contributed by atoms with van der Waals surface area (Å²) in [6.45, 7) is 2.20. The summed E-state index contributed by atoms with van der Waals surface area (Å²) in [6.07, 6.45) is 6.61. The Morgan fingerprint density at radius 1 is 1.21 bits per heavy atom. The van der Waals surface area contributed by atoms with Gasteiger partial charge < -0.3 is 9.41 Å². The molecular formula is C11H11F2Zr. The Morgan fingerprint density at radius 3 is 2.50 bits per heavy atom. The fourth-order valence-corrected chi connectivity index (χ4v) is 1.58. The van der Waals surface area contributed by atoms with Crippen LogP contribution in [0.25, 0.3) is 6.08 Å². The number of halogens is 2. The van der Waals surface area contributed by atoms with Crippen molar-refractivity contribution in [2.45, 2.75) is 19.3 Å². The van der Waals surface area contributed by atoms with Gasteiger partial charge in [-0.1, -0.05) is 37.5 Å². The molecule has 0 aliphatic heterocycles. The van der Waals surface area contributed by atoms with Crippen LogP contribution >= 0.6 is 0 Å². The molecule has 3 heteroatoms. The Morgan fingerprint density at radius 2 is 1.86 bits per heavy atom. The molecule has 0 spiro atoms. The van der Waals surface area contributed by atoms with Crippen molar-refractivity contribution in [3.63, 3.8) is 0 Å². The summed E-state index contributed by atoms with van der Waals surface area (Å²) in [5, 5.41) is 0. The van der Waals surface area contributed by atoms with Gasteiger partial charge in [-0.2, -0.15) is 5.56 Å². The zero-order valence-corrected chi connectivity index (χ0v) is 10.4. The maximum Gasteiger partial charge on any atom is 3.00 e. The molecular weight excluding hydrogens is 261 g/mol. The minimum Gasteiger partial charge on any atom is -1.00 e. The zero-order chi connectivity index (χ0) is 7.68. The molecule has 73 valence electrons. The van der Waals surface area contributed by atoms with E-state index in [0.29, 0.717) is 5.92 Å². The van der Waals surface area contributed by atoms with E-state index in [1.54, 1.807) is 0 Å². The Balaban J connectivity index is 0. The largest absolute Gasteiger partial charge is 3.00 e. The van der Waals surface area contributed by atoms with E-state index in [1.807, 2.05) is 0 Å². The first-order valence-corrected chi connectivity index (χ1v) is 4.10. The molecule has 1 aromatic carbocycles. The van der Waals surface area contributed by atoms with E-state index in [9.17, 15) is 0 Å². The third-order valence-electron chi connectivity index (χ3n) is 2.22. The van der Waals surface area contributed by atoms with E-state index < -0.39 is 0 Å². The molecule has 2 rings (SSSR count). The van der Waals surface area contributed by atoms with Gasteiger partial charge in [-0.05, 0) is 0 Å². The minimum absolute atomic E-state index is 0. The van der Waals surface area contributed by atoms with Gasteiger partial charge in [0.1, 0.15) is 0 Å². The maximum absolute atomic E-state index is 3.35. The Kier molecular flexibility index (Phi) is 8.14. The summed E-state index contributed by atoms with van der Waals surface area (Å²) in [7, 11) is 0. The zero-order valence-electron chi connectivity index (χ0n) is 7.93. The summed E-state index contributed by atoms with van der Waals surface area (Å²) >= 11 is 0. The normalized spacial score (nSPS) is 15.9. The first kappa shape index (κ1) is 16.1. The summed E-state index contributed by atoms with van der Waals surface area (Å²) in [6, 6.07) is 8.52. The fraction of sp³-hybridized carbons (Fsp3) is 0.273. The molecule has 0 nitrogen and oxygen atoms in total. The quantitative estimate of drug-likeness (QED) is 0.479. The second kappa shape index (κ2) is 7.06. The van der Waals surface area contributed by atoms with Crippen LogP contribution in [-0.2, 0) is 26.2 Å². The SMILES string of the molecule is CCC1[C-]=Cc2ccccc21.[F-].[F-].[Zr+3]. The molecule has 1 unspecified atom stereocenters. The summed E-state index contributed by atoms with van der Waals surface area (Å²) in [5.41, 5.74) is 2.79. The van der Waals surface area contributed by atoms with Crippen LogP contribution in [-0.4, -0.2) is 0 Å². The standard InChI is InChI=1S/C11H11.2FH.Zr/c1-2-9-7-8-10-5-3-4-6-11(9)10;;;/h3-6,8-9H,2H2,1H3;2*1H;/q-1;;;+3/p-2. The van der Waals surface area contributed by atoms with Gasteiger partial charge in [0.05, 0.1) is 0 Å². The van der Waals surface area contributed by atoms with Gasteiger partial charge in [0.2, 0.25) is 0 Å². The minimum atomic E-state index is 0. The number of fused-ring (bicyclic) bond motifs is 1. The molecule has 0 N–H and O–H groups in total. The molecule has 0 saturated carbocycles. The molecule has 1 aliphatic carbocycles. The molecule has 1 aromatic rings. The van der Waals surface area contributed by atoms with Gasteiger partial charge in [-0.25, -0.2) is 6.08 Å². The summed E-state index contributed by atoms with van der Waals surface area (Å²) in [5.74, 6) is 0.547. The van der Waals surface area contributed by atoms with Crippen molar-refractivity contribution in [3.05, 3.63) is 41.5 Å². The summed E-state index contributed by atoms with van der Waals surface area (Å²) < 4.78 is 0. The second-order valence-corrected chi connectivity index (χ2v) is 2.90. The van der Waals surface area contributed by atoms with Gasteiger partial charge in [0, 0.05) is 0 Å². The Hall–Kier alpha value is -0.297. The smallest absolute Gasteiger partial charge is 1.00 e. The van der Waals surface area contributed by atoms with Gasteiger partial charge in [0.25, 0.3) is 0 Å². The first-order chi connectivity index (χ1) is 5.42. The van der Waals surface area contributed by atoms with Crippen LogP contribution in [0.5, 0.6) is 0 Å². The molecule has 0 saturated heterocycles. The molecule has 1 aliphatic rings. The van der Waals surface area contributed by atoms with Gasteiger partial charge >= 0.3 is 26.2 Å². The van der Waals surface area contributed by atoms with E-state index in [4.69, 9.17) is 0 Å². The molecule has 1 atom stereocenters. The van der Waals surface area contributed by atoms with Crippen molar-refractivity contribution in [1.29, 1.82) is 0 Å². The van der Waals surface area contributed by atoms with Crippen LogP contribution in [0.15, 0.2) is 24.3 Å². The van der Waals surface area contributed by atoms with Crippen LogP contribution < -0.4 is 9.41 Å². The predicted molar refractivity (Wildman–Crippen MR) is 47.2 cm³/mol. The Labute approximate surface area is 102 Å². The van der Waals surface area contributed by atoms with E-state index in [0.717, 1.165) is 6.42 Å². The van der Waals surface area contributed by atoms with Crippen LogP contribution in [0.2, 0.25) is 0 Å². The maximum atomic E-state index is 3.35. The average Bonchev–Trinajstić information content (AvgIpc) is 2.47. The number of allylic oxidation sites excluding steroid dienone is 1. The van der Waals surface area contributed by atoms with Crippen LogP contribution in [0, 0.1) is 6.08 Å². The monoisotopic (exact) mass is 271 g/mol. The van der Waals surface area contributed by atoms with Gasteiger partial charge in [0.15, 0.2) is 0 Å². The molecule has 0 aromatic heterocycles. The number of rotatable bonds is 1. The van der Waals surface area contributed by atoms with E-state index >= 15 is 0 Å². The first-order valence-electron chi connectivity index (χ1n) is 4.10. The van der Waals surface area contributed by atoms with Crippen LogP contribution in [0.4, 0.5) is 0 Å². The topological polar surface area (TPSA) is 0 Å². The number of hydrogen-bond acceptors (Lipinski definition) is 0. The van der Waals surface area contributed by atoms with Crippen LogP contribution in [0.3, 0.4) is 0 Å². The molecule has 0 amide bonds. The van der Waals surface area contributed by atoms with Crippen molar-refractivity contribution >= 4 is 6.08 Å². The Bertz CT molecular complexity index is 297. The third kappa shape index (κ3) is 2.85. The molecule has 1 radical (unpaired) electrons. The number of benzene rings is 1. The van der Waals surface area contributed by atoms with Crippen molar-refractivity contribution < 1.29 is 35.6 Å². The molecule has 0 bridgehead atoms.